The van der Waals surface area contributed by atoms with Crippen LogP contribution in [-0.4, -0.2) is 56.1 Å². The predicted molar refractivity (Wildman–Crippen MR) is 184 cm³/mol. The number of fused-ring (bicyclic) bond motifs is 2. The Hall–Kier alpha value is -4.86. The highest BCUT2D eigenvalue weighted by Crippen LogP contribution is 2.47. The molecule has 2 N–H and O–H groups in total. The van der Waals surface area contributed by atoms with Gasteiger partial charge in [-0.3, -0.25) is 0 Å². The lowest BCUT2D eigenvalue weighted by molar-refractivity contribution is -0.183. The summed E-state index contributed by atoms with van der Waals surface area (Å²) in [5.41, 5.74) is 3.58. The fourth-order valence-corrected chi connectivity index (χ4v) is 6.66. The normalized spacial score (nSPS) is 14.4. The van der Waals surface area contributed by atoms with E-state index in [0.717, 1.165) is 16.7 Å². The lowest BCUT2D eigenvalue weighted by Crippen LogP contribution is -2.43. The van der Waals surface area contributed by atoms with Crippen LogP contribution in [0.2, 0.25) is 5.02 Å². The molecule has 0 saturated heterocycles. The summed E-state index contributed by atoms with van der Waals surface area (Å²) in [6, 6.07) is 20.4. The SMILES string of the molecule is C=CCN1CCOc2ccc(-c3c([C@](C)(OC(C)(C)C)C(=O)O)c(C)nc4cc(-c5cccc(-c6cccc(O)c6)c5)nn34)c(Cl)c21. The summed E-state index contributed by atoms with van der Waals surface area (Å²) < 4.78 is 14.0. The Balaban J connectivity index is 1.65. The number of carboxylic acids is 1. The van der Waals surface area contributed by atoms with Gasteiger partial charge in [-0.25, -0.2) is 14.3 Å². The van der Waals surface area contributed by atoms with Gasteiger partial charge in [0.05, 0.1) is 34.2 Å². The van der Waals surface area contributed by atoms with Crippen molar-refractivity contribution in [3.8, 4) is 45.1 Å². The summed E-state index contributed by atoms with van der Waals surface area (Å²) in [6.07, 6.45) is 1.81. The highest BCUT2D eigenvalue weighted by atomic mass is 35.5. The molecule has 10 heteroatoms. The topological polar surface area (TPSA) is 109 Å². The highest BCUT2D eigenvalue weighted by molar-refractivity contribution is 6.36. The monoisotopic (exact) mass is 652 g/mol. The number of ether oxygens (including phenoxy) is 2. The molecule has 0 aliphatic carbocycles. The molecule has 0 unspecified atom stereocenters. The third-order valence-electron chi connectivity index (χ3n) is 8.14. The molecule has 0 fully saturated rings. The molecule has 0 radical (unpaired) electrons. The third-order valence-corrected chi connectivity index (χ3v) is 8.52. The van der Waals surface area contributed by atoms with Crippen LogP contribution < -0.4 is 9.64 Å². The van der Waals surface area contributed by atoms with Crippen molar-refractivity contribution in [1.82, 2.24) is 14.6 Å². The molecule has 242 valence electrons. The Morgan fingerprint density at radius 1 is 1.06 bits per heavy atom. The van der Waals surface area contributed by atoms with Gasteiger partial charge in [0.15, 0.2) is 11.2 Å². The zero-order valence-electron chi connectivity index (χ0n) is 27.0. The van der Waals surface area contributed by atoms with Crippen molar-refractivity contribution in [2.45, 2.75) is 45.8 Å². The van der Waals surface area contributed by atoms with Crippen molar-refractivity contribution in [1.29, 1.82) is 0 Å². The number of phenols is 1. The van der Waals surface area contributed by atoms with Crippen LogP contribution in [0.5, 0.6) is 11.5 Å². The van der Waals surface area contributed by atoms with Crippen molar-refractivity contribution < 1.29 is 24.5 Å². The molecule has 6 rings (SSSR count). The Kier molecular flexibility index (Phi) is 8.23. The third kappa shape index (κ3) is 5.92. The number of aromatic hydroxyl groups is 1. The molecule has 47 heavy (non-hydrogen) atoms. The average Bonchev–Trinajstić information content (AvgIpc) is 3.44. The highest BCUT2D eigenvalue weighted by Gasteiger charge is 2.45. The minimum absolute atomic E-state index is 0.176. The van der Waals surface area contributed by atoms with E-state index in [4.69, 9.17) is 31.2 Å². The summed E-state index contributed by atoms with van der Waals surface area (Å²) in [5.74, 6) is -0.363. The first-order valence-corrected chi connectivity index (χ1v) is 15.7. The lowest BCUT2D eigenvalue weighted by atomic mass is 9.88. The molecule has 9 nitrogen and oxygen atoms in total. The van der Waals surface area contributed by atoms with E-state index in [9.17, 15) is 15.0 Å². The maximum atomic E-state index is 13.2. The van der Waals surface area contributed by atoms with Gasteiger partial charge >= 0.3 is 5.97 Å². The van der Waals surface area contributed by atoms with Crippen LogP contribution in [0, 0.1) is 6.92 Å². The first-order valence-electron chi connectivity index (χ1n) is 15.4. The minimum atomic E-state index is -1.82. The fourth-order valence-electron chi connectivity index (χ4n) is 6.30. The maximum absolute atomic E-state index is 13.2. The second-order valence-corrected chi connectivity index (χ2v) is 13.1. The van der Waals surface area contributed by atoms with E-state index in [-0.39, 0.29) is 5.75 Å². The summed E-state index contributed by atoms with van der Waals surface area (Å²) in [5, 5.41) is 26.2. The van der Waals surface area contributed by atoms with Gasteiger partial charge in [0.25, 0.3) is 0 Å². The Labute approximate surface area is 278 Å². The van der Waals surface area contributed by atoms with Crippen molar-refractivity contribution in [3.05, 3.63) is 95.7 Å². The molecule has 0 amide bonds. The Morgan fingerprint density at radius 3 is 2.45 bits per heavy atom. The number of hydrogen-bond acceptors (Lipinski definition) is 7. The van der Waals surface area contributed by atoms with E-state index >= 15 is 0 Å². The van der Waals surface area contributed by atoms with Crippen LogP contribution in [0.4, 0.5) is 5.69 Å². The molecule has 2 aromatic heterocycles. The number of aromatic nitrogens is 3. The molecule has 3 aromatic carbocycles. The van der Waals surface area contributed by atoms with Crippen molar-refractivity contribution in [2.75, 3.05) is 24.6 Å². The van der Waals surface area contributed by atoms with E-state index in [1.807, 2.05) is 75.4 Å². The summed E-state index contributed by atoms with van der Waals surface area (Å²) in [4.78, 5) is 20.1. The van der Waals surface area contributed by atoms with Gasteiger partial charge in [-0.1, -0.05) is 48.0 Å². The van der Waals surface area contributed by atoms with E-state index in [1.54, 1.807) is 36.6 Å². The van der Waals surface area contributed by atoms with E-state index in [1.165, 1.54) is 0 Å². The molecule has 1 aliphatic heterocycles. The number of carboxylic acid groups (broad SMARTS) is 1. The van der Waals surface area contributed by atoms with E-state index in [2.05, 4.69) is 11.5 Å². The molecule has 3 heterocycles. The van der Waals surface area contributed by atoms with Gasteiger partial charge in [-0.15, -0.1) is 6.58 Å². The second-order valence-electron chi connectivity index (χ2n) is 12.8. The molecule has 0 bridgehead atoms. The van der Waals surface area contributed by atoms with Crippen molar-refractivity contribution in [2.24, 2.45) is 0 Å². The van der Waals surface area contributed by atoms with Crippen molar-refractivity contribution in [3.63, 3.8) is 0 Å². The molecular weight excluding hydrogens is 616 g/mol. The van der Waals surface area contributed by atoms with Crippen LogP contribution >= 0.6 is 11.6 Å². The number of benzene rings is 3. The largest absolute Gasteiger partial charge is 0.508 e. The number of halogens is 1. The van der Waals surface area contributed by atoms with Crippen LogP contribution in [-0.2, 0) is 15.1 Å². The molecule has 5 aromatic rings. The summed E-state index contributed by atoms with van der Waals surface area (Å²) >= 11 is 7.28. The average molecular weight is 653 g/mol. The van der Waals surface area contributed by atoms with Gasteiger partial charge in [0, 0.05) is 35.0 Å². The Morgan fingerprint density at radius 2 is 1.77 bits per heavy atom. The molecular formula is C37H37ClN4O5. The van der Waals surface area contributed by atoms with Gasteiger partial charge in [0.1, 0.15) is 18.1 Å². The van der Waals surface area contributed by atoms with E-state index < -0.39 is 17.2 Å². The van der Waals surface area contributed by atoms with Crippen LogP contribution in [0.1, 0.15) is 39.0 Å². The molecule has 0 spiro atoms. The Bertz CT molecular complexity index is 2030. The second kappa shape index (κ2) is 12.1. The zero-order chi connectivity index (χ0) is 33.7. The summed E-state index contributed by atoms with van der Waals surface area (Å²) in [6.45, 7) is 14.3. The zero-order valence-corrected chi connectivity index (χ0v) is 27.8. The predicted octanol–water partition coefficient (Wildman–Crippen LogP) is 7.90. The molecule has 0 saturated carbocycles. The first-order chi connectivity index (χ1) is 22.3. The van der Waals surface area contributed by atoms with E-state index in [0.29, 0.717) is 70.0 Å². The van der Waals surface area contributed by atoms with Crippen LogP contribution in [0.25, 0.3) is 39.3 Å². The van der Waals surface area contributed by atoms with Gasteiger partial charge < -0.3 is 24.6 Å². The fraction of sp³-hybridized carbons (Fsp3) is 0.270. The number of aryl methyl sites for hydroxylation is 1. The lowest BCUT2D eigenvalue weighted by Gasteiger charge is -2.36. The molecule has 1 aliphatic rings. The van der Waals surface area contributed by atoms with Gasteiger partial charge in [-0.2, -0.15) is 5.10 Å². The van der Waals surface area contributed by atoms with Crippen LogP contribution in [0.15, 0.2) is 79.4 Å². The van der Waals surface area contributed by atoms with Crippen LogP contribution in [0.3, 0.4) is 0 Å². The minimum Gasteiger partial charge on any atom is -0.508 e. The standard InChI is InChI=1S/C37H37ClN4O5/c1-7-16-41-17-18-46-29-15-14-27(32(38)34(29)41)33-31(37(6,35(44)45)47-36(3,4)5)22(2)39-30-21-28(40-42(30)33)25-12-8-10-23(19-25)24-11-9-13-26(43)20-24/h7-15,19-21,43H,1,16-18H2,2-6H3,(H,44,45)/t37-/m0/s1. The van der Waals surface area contributed by atoms with Gasteiger partial charge in [-0.05, 0) is 76.1 Å². The maximum Gasteiger partial charge on any atom is 0.340 e. The molecule has 1 atom stereocenters. The number of carbonyl (C=O) groups is 1. The quantitative estimate of drug-likeness (QED) is 0.163. The number of hydrogen-bond donors (Lipinski definition) is 2. The number of anilines is 1. The summed E-state index contributed by atoms with van der Waals surface area (Å²) in [7, 11) is 0. The smallest absolute Gasteiger partial charge is 0.340 e. The number of rotatable bonds is 8. The number of phenolic OH excluding ortho intramolecular Hbond substituents is 1. The number of aliphatic carboxylic acids is 1. The number of nitrogens with zero attached hydrogens (tertiary/aromatic N) is 4. The van der Waals surface area contributed by atoms with Crippen molar-refractivity contribution >= 4 is 28.9 Å². The first kappa shape index (κ1) is 32.1. The van der Waals surface area contributed by atoms with Gasteiger partial charge in [0.2, 0.25) is 0 Å².